The standard InChI is InChI=1S/C28H24N4O3S/c1-17-4-13-24-25(16-17)36-28(30-24)20-5-9-21(10-6-20)29-27(34)18(2)32-26(33)15-14-23(31-32)19-7-11-22(35-3)12-8-19/h4-16,18H,1-3H3,(H,29,34). The minimum absolute atomic E-state index is 0.334. The fraction of sp³-hybridized carbons (Fsp3) is 0.143. The molecule has 0 saturated heterocycles. The minimum atomic E-state index is -0.803. The maximum absolute atomic E-state index is 13.0. The van der Waals surface area contributed by atoms with Crippen LogP contribution in [0.1, 0.15) is 18.5 Å². The lowest BCUT2D eigenvalue weighted by molar-refractivity contribution is -0.119. The number of nitrogens with one attached hydrogen (secondary N) is 1. The summed E-state index contributed by atoms with van der Waals surface area (Å²) in [7, 11) is 1.60. The van der Waals surface area contributed by atoms with Crippen molar-refractivity contribution in [3.05, 3.63) is 94.8 Å². The predicted molar refractivity (Wildman–Crippen MR) is 144 cm³/mol. The molecule has 3 aromatic carbocycles. The SMILES string of the molecule is COc1ccc(-c2ccc(=O)n(C(C)C(=O)Nc3ccc(-c4nc5ccc(C)cc5s4)cc3)n2)cc1. The molecule has 8 heteroatoms. The molecule has 1 unspecified atom stereocenters. The first-order chi connectivity index (χ1) is 17.4. The fourth-order valence-corrected chi connectivity index (χ4v) is 4.90. The monoisotopic (exact) mass is 496 g/mol. The maximum Gasteiger partial charge on any atom is 0.267 e. The molecule has 2 heterocycles. The van der Waals surface area contributed by atoms with E-state index in [1.54, 1.807) is 31.4 Å². The van der Waals surface area contributed by atoms with Gasteiger partial charge < -0.3 is 10.1 Å². The molecule has 0 saturated carbocycles. The molecule has 0 aliphatic rings. The third kappa shape index (κ3) is 4.76. The largest absolute Gasteiger partial charge is 0.497 e. The van der Waals surface area contributed by atoms with Crippen LogP contribution in [0.4, 0.5) is 5.69 Å². The summed E-state index contributed by atoms with van der Waals surface area (Å²) < 4.78 is 7.54. The zero-order valence-electron chi connectivity index (χ0n) is 20.1. The number of hydrogen-bond acceptors (Lipinski definition) is 6. The molecular weight excluding hydrogens is 472 g/mol. The van der Waals surface area contributed by atoms with E-state index in [1.165, 1.54) is 16.3 Å². The van der Waals surface area contributed by atoms with Crippen LogP contribution in [0.3, 0.4) is 0 Å². The Bertz CT molecular complexity index is 1610. The van der Waals surface area contributed by atoms with Crippen molar-refractivity contribution in [1.82, 2.24) is 14.8 Å². The highest BCUT2D eigenvalue weighted by Gasteiger charge is 2.18. The van der Waals surface area contributed by atoms with Crippen LogP contribution >= 0.6 is 11.3 Å². The Morgan fingerprint density at radius 1 is 0.972 bits per heavy atom. The second-order valence-corrected chi connectivity index (χ2v) is 9.49. The number of aryl methyl sites for hydroxylation is 1. The zero-order chi connectivity index (χ0) is 25.2. The van der Waals surface area contributed by atoms with Crippen LogP contribution < -0.4 is 15.6 Å². The van der Waals surface area contributed by atoms with Gasteiger partial charge in [0.1, 0.15) is 16.8 Å². The van der Waals surface area contributed by atoms with Crippen molar-refractivity contribution >= 4 is 33.1 Å². The molecule has 1 amide bonds. The van der Waals surface area contributed by atoms with E-state index < -0.39 is 6.04 Å². The number of thiazole rings is 1. The van der Waals surface area contributed by atoms with E-state index in [0.29, 0.717) is 11.4 Å². The Labute approximate surface area is 212 Å². The first-order valence-corrected chi connectivity index (χ1v) is 12.3. The molecule has 5 rings (SSSR count). The number of benzene rings is 3. The third-order valence-corrected chi connectivity index (χ3v) is 6.97. The van der Waals surface area contributed by atoms with Gasteiger partial charge in [0.25, 0.3) is 5.56 Å². The van der Waals surface area contributed by atoms with E-state index in [4.69, 9.17) is 9.72 Å². The molecule has 180 valence electrons. The number of amides is 1. The molecule has 0 spiro atoms. The third-order valence-electron chi connectivity index (χ3n) is 5.90. The van der Waals surface area contributed by atoms with Gasteiger partial charge in [-0.1, -0.05) is 6.07 Å². The highest BCUT2D eigenvalue weighted by atomic mass is 32.1. The number of carbonyl (C=O) groups excluding carboxylic acids is 1. The topological polar surface area (TPSA) is 86.1 Å². The van der Waals surface area contributed by atoms with Crippen LogP contribution in [-0.4, -0.2) is 27.8 Å². The number of hydrogen-bond donors (Lipinski definition) is 1. The van der Waals surface area contributed by atoms with Gasteiger partial charge in [-0.15, -0.1) is 11.3 Å². The van der Waals surface area contributed by atoms with Crippen molar-refractivity contribution in [3.63, 3.8) is 0 Å². The van der Waals surface area contributed by atoms with Crippen molar-refractivity contribution in [2.24, 2.45) is 0 Å². The van der Waals surface area contributed by atoms with Gasteiger partial charge in [-0.25, -0.2) is 9.67 Å². The molecule has 2 aromatic heterocycles. The van der Waals surface area contributed by atoms with Gasteiger partial charge in [0, 0.05) is 22.9 Å². The van der Waals surface area contributed by atoms with E-state index >= 15 is 0 Å². The number of ether oxygens (including phenoxy) is 1. The van der Waals surface area contributed by atoms with Gasteiger partial charge in [-0.05, 0) is 86.1 Å². The molecule has 1 N–H and O–H groups in total. The predicted octanol–water partition coefficient (Wildman–Crippen LogP) is 5.70. The fourth-order valence-electron chi connectivity index (χ4n) is 3.83. The van der Waals surface area contributed by atoms with Crippen LogP contribution in [0.2, 0.25) is 0 Å². The molecule has 0 bridgehead atoms. The highest BCUT2D eigenvalue weighted by Crippen LogP contribution is 2.31. The number of anilines is 1. The number of carbonyl (C=O) groups is 1. The lowest BCUT2D eigenvalue weighted by atomic mass is 10.1. The molecular formula is C28H24N4O3S. The summed E-state index contributed by atoms with van der Waals surface area (Å²) in [6.07, 6.45) is 0. The first kappa shape index (κ1) is 23.4. The second-order valence-electron chi connectivity index (χ2n) is 8.46. The van der Waals surface area contributed by atoms with E-state index in [2.05, 4.69) is 29.5 Å². The van der Waals surface area contributed by atoms with Crippen LogP contribution in [-0.2, 0) is 4.79 Å². The molecule has 0 radical (unpaired) electrons. The van der Waals surface area contributed by atoms with E-state index in [9.17, 15) is 9.59 Å². The highest BCUT2D eigenvalue weighted by molar-refractivity contribution is 7.21. The number of methoxy groups -OCH3 is 1. The van der Waals surface area contributed by atoms with Gasteiger partial charge >= 0.3 is 0 Å². The summed E-state index contributed by atoms with van der Waals surface area (Å²) in [5, 5.41) is 8.24. The number of rotatable bonds is 6. The van der Waals surface area contributed by atoms with Gasteiger partial charge in [0.15, 0.2) is 0 Å². The number of fused-ring (bicyclic) bond motifs is 1. The summed E-state index contributed by atoms with van der Waals surface area (Å²) in [6, 6.07) is 23.4. The summed E-state index contributed by atoms with van der Waals surface area (Å²) in [4.78, 5) is 30.2. The van der Waals surface area contributed by atoms with Crippen molar-refractivity contribution in [3.8, 4) is 27.6 Å². The number of aromatic nitrogens is 3. The summed E-state index contributed by atoms with van der Waals surface area (Å²) in [5.41, 5.74) is 4.84. The lowest BCUT2D eigenvalue weighted by Gasteiger charge is -2.15. The quantitative estimate of drug-likeness (QED) is 0.326. The molecule has 1 atom stereocenters. The van der Waals surface area contributed by atoms with Crippen molar-refractivity contribution < 1.29 is 9.53 Å². The smallest absolute Gasteiger partial charge is 0.267 e. The summed E-state index contributed by atoms with van der Waals surface area (Å²) in [5.74, 6) is 0.392. The second kappa shape index (κ2) is 9.75. The average molecular weight is 497 g/mol. The Hall–Kier alpha value is -4.30. The maximum atomic E-state index is 13.0. The van der Waals surface area contributed by atoms with E-state index in [1.807, 2.05) is 54.6 Å². The molecule has 0 aliphatic heterocycles. The Morgan fingerprint density at radius 3 is 2.42 bits per heavy atom. The Morgan fingerprint density at radius 2 is 1.69 bits per heavy atom. The lowest BCUT2D eigenvalue weighted by Crippen LogP contribution is -2.33. The van der Waals surface area contributed by atoms with Crippen LogP contribution in [0, 0.1) is 6.92 Å². The minimum Gasteiger partial charge on any atom is -0.497 e. The van der Waals surface area contributed by atoms with Crippen LogP contribution in [0.25, 0.3) is 32.0 Å². The van der Waals surface area contributed by atoms with Crippen LogP contribution in [0.15, 0.2) is 83.7 Å². The van der Waals surface area contributed by atoms with Crippen molar-refractivity contribution in [2.45, 2.75) is 19.9 Å². The summed E-state index contributed by atoms with van der Waals surface area (Å²) in [6.45, 7) is 3.72. The van der Waals surface area contributed by atoms with Crippen molar-refractivity contribution in [2.75, 3.05) is 12.4 Å². The van der Waals surface area contributed by atoms with Crippen molar-refractivity contribution in [1.29, 1.82) is 0 Å². The number of nitrogens with zero attached hydrogens (tertiary/aromatic N) is 3. The molecule has 0 fully saturated rings. The van der Waals surface area contributed by atoms with Gasteiger partial charge in [0.05, 0.1) is 23.0 Å². The van der Waals surface area contributed by atoms with E-state index in [0.717, 1.165) is 32.1 Å². The average Bonchev–Trinajstić information content (AvgIpc) is 3.32. The molecule has 0 aliphatic carbocycles. The first-order valence-electron chi connectivity index (χ1n) is 11.4. The van der Waals surface area contributed by atoms with Crippen LogP contribution in [0.5, 0.6) is 5.75 Å². The Kier molecular flexibility index (Phi) is 6.35. The van der Waals surface area contributed by atoms with Gasteiger partial charge in [-0.2, -0.15) is 5.10 Å². The molecule has 5 aromatic rings. The van der Waals surface area contributed by atoms with Gasteiger partial charge in [0.2, 0.25) is 5.91 Å². The zero-order valence-corrected chi connectivity index (χ0v) is 20.9. The summed E-state index contributed by atoms with van der Waals surface area (Å²) >= 11 is 1.64. The molecule has 36 heavy (non-hydrogen) atoms. The van der Waals surface area contributed by atoms with Gasteiger partial charge in [-0.3, -0.25) is 9.59 Å². The normalized spacial score (nSPS) is 11.9. The molecule has 7 nitrogen and oxygen atoms in total. The van der Waals surface area contributed by atoms with E-state index in [-0.39, 0.29) is 11.5 Å². The Balaban J connectivity index is 1.32.